The fourth-order valence-corrected chi connectivity index (χ4v) is 3.63. The number of aryl methyl sites for hydroxylation is 1. The fourth-order valence-electron chi connectivity index (χ4n) is 3.22. The molecule has 1 amide bonds. The number of nitrogens with one attached hydrogen (secondary N) is 1. The van der Waals surface area contributed by atoms with Crippen LogP contribution in [0.25, 0.3) is 5.69 Å². The van der Waals surface area contributed by atoms with E-state index in [-0.39, 0.29) is 5.91 Å². The summed E-state index contributed by atoms with van der Waals surface area (Å²) in [5.41, 5.74) is 9.80. The maximum absolute atomic E-state index is 12.4. The van der Waals surface area contributed by atoms with E-state index in [9.17, 15) is 9.90 Å². The van der Waals surface area contributed by atoms with E-state index in [0.29, 0.717) is 23.1 Å². The fraction of sp³-hybridized carbons (Fsp3) is 0.273. The Labute approximate surface area is 174 Å². The Hall–Kier alpha value is -2.77. The van der Waals surface area contributed by atoms with Crippen molar-refractivity contribution in [3.8, 4) is 5.69 Å². The van der Waals surface area contributed by atoms with Crippen molar-refractivity contribution in [3.63, 3.8) is 0 Å². The largest absolute Gasteiger partial charge is 0.383 e. The van der Waals surface area contributed by atoms with Crippen LogP contribution in [0.4, 0.5) is 5.82 Å². The number of aliphatic hydroxyl groups excluding tert-OH is 1. The topological polar surface area (TPSA) is 93.2 Å². The zero-order valence-electron chi connectivity index (χ0n) is 16.4. The van der Waals surface area contributed by atoms with Gasteiger partial charge in [-0.15, -0.1) is 11.8 Å². The summed E-state index contributed by atoms with van der Waals surface area (Å²) in [5, 5.41) is 13.8. The molecule has 1 aromatic heterocycles. The predicted octanol–water partition coefficient (Wildman–Crippen LogP) is 3.46. The summed E-state index contributed by atoms with van der Waals surface area (Å²) >= 11 is 1.64. The van der Waals surface area contributed by atoms with Crippen molar-refractivity contribution in [1.82, 2.24) is 14.9 Å². The molecule has 0 bridgehead atoms. The molecule has 1 aliphatic rings. The molecule has 0 aliphatic heterocycles. The third-order valence-electron chi connectivity index (χ3n) is 5.17. The van der Waals surface area contributed by atoms with Crippen molar-refractivity contribution >= 4 is 23.5 Å². The summed E-state index contributed by atoms with van der Waals surface area (Å²) in [5.74, 6) is 0.274. The number of nitrogens with two attached hydrogens (primary N) is 1. The van der Waals surface area contributed by atoms with Gasteiger partial charge in [0.15, 0.2) is 0 Å². The van der Waals surface area contributed by atoms with Crippen LogP contribution < -0.4 is 11.1 Å². The minimum atomic E-state index is -0.922. The summed E-state index contributed by atoms with van der Waals surface area (Å²) in [6, 6.07) is 13.5. The number of amides is 1. The molecule has 1 fully saturated rings. The standard InChI is InChI=1S/C22H24N4O2S/c1-13-3-4-15(22(28)25-16-7-8-16)11-18(13)26-12-24-19(21(26)23)20(27)14-5-9-17(29-2)10-6-14/h3-6,9-12,16,20,27H,7-8,23H2,1-2H3,(H,25,28). The first-order chi connectivity index (χ1) is 14.0. The Morgan fingerprint density at radius 2 is 2.00 bits per heavy atom. The van der Waals surface area contributed by atoms with E-state index in [0.717, 1.165) is 34.6 Å². The van der Waals surface area contributed by atoms with Gasteiger partial charge < -0.3 is 16.2 Å². The lowest BCUT2D eigenvalue weighted by Crippen LogP contribution is -2.25. The average Bonchev–Trinajstić information content (AvgIpc) is 3.47. The number of carbonyl (C=O) groups is 1. The van der Waals surface area contributed by atoms with Crippen LogP contribution in [-0.4, -0.2) is 32.9 Å². The average molecular weight is 409 g/mol. The van der Waals surface area contributed by atoms with E-state index in [1.54, 1.807) is 22.7 Å². The van der Waals surface area contributed by atoms with Gasteiger partial charge in [-0.1, -0.05) is 18.2 Å². The molecule has 6 nitrogen and oxygen atoms in total. The number of hydrogen-bond donors (Lipinski definition) is 3. The molecule has 1 atom stereocenters. The second-order valence-electron chi connectivity index (χ2n) is 7.31. The van der Waals surface area contributed by atoms with Gasteiger partial charge in [0, 0.05) is 16.5 Å². The van der Waals surface area contributed by atoms with E-state index >= 15 is 0 Å². The SMILES string of the molecule is CSc1ccc(C(O)c2ncn(-c3cc(C(=O)NC4CC4)ccc3C)c2N)cc1. The zero-order chi connectivity index (χ0) is 20.5. The van der Waals surface area contributed by atoms with Crippen molar-refractivity contribution in [3.05, 3.63) is 71.2 Å². The number of nitrogens with zero attached hydrogens (tertiary/aromatic N) is 2. The van der Waals surface area contributed by atoms with E-state index in [4.69, 9.17) is 5.73 Å². The minimum Gasteiger partial charge on any atom is -0.383 e. The van der Waals surface area contributed by atoms with Gasteiger partial charge in [0.05, 0.1) is 5.69 Å². The van der Waals surface area contributed by atoms with Gasteiger partial charge in [-0.3, -0.25) is 9.36 Å². The van der Waals surface area contributed by atoms with Gasteiger partial charge in [-0.25, -0.2) is 4.98 Å². The molecule has 2 aromatic carbocycles. The van der Waals surface area contributed by atoms with E-state index < -0.39 is 6.10 Å². The number of benzene rings is 2. The molecule has 1 aliphatic carbocycles. The second kappa shape index (κ2) is 7.93. The number of thioether (sulfide) groups is 1. The first kappa shape index (κ1) is 19.5. The molecule has 7 heteroatoms. The zero-order valence-corrected chi connectivity index (χ0v) is 17.2. The highest BCUT2D eigenvalue weighted by Gasteiger charge is 2.24. The molecule has 0 spiro atoms. The molecule has 29 heavy (non-hydrogen) atoms. The summed E-state index contributed by atoms with van der Waals surface area (Å²) in [6.07, 6.45) is 4.76. The normalized spacial score (nSPS) is 14.6. The van der Waals surface area contributed by atoms with E-state index in [1.807, 2.05) is 55.6 Å². The Balaban J connectivity index is 1.64. The Morgan fingerprint density at radius 1 is 1.28 bits per heavy atom. The summed E-state index contributed by atoms with van der Waals surface area (Å²) in [4.78, 5) is 17.9. The number of imidazole rings is 1. The van der Waals surface area contributed by atoms with Crippen LogP contribution in [0.3, 0.4) is 0 Å². The molecule has 1 unspecified atom stereocenters. The van der Waals surface area contributed by atoms with Gasteiger partial charge in [-0.2, -0.15) is 0 Å². The summed E-state index contributed by atoms with van der Waals surface area (Å²) < 4.78 is 1.72. The molecule has 4 N–H and O–H groups in total. The smallest absolute Gasteiger partial charge is 0.251 e. The van der Waals surface area contributed by atoms with E-state index in [1.165, 1.54) is 0 Å². The number of rotatable bonds is 6. The lowest BCUT2D eigenvalue weighted by molar-refractivity contribution is 0.0951. The van der Waals surface area contributed by atoms with Gasteiger partial charge in [0.25, 0.3) is 5.91 Å². The lowest BCUT2D eigenvalue weighted by atomic mass is 10.1. The highest BCUT2D eigenvalue weighted by Crippen LogP contribution is 2.30. The van der Waals surface area contributed by atoms with Crippen molar-refractivity contribution in [2.75, 3.05) is 12.0 Å². The van der Waals surface area contributed by atoms with Gasteiger partial charge in [0.2, 0.25) is 0 Å². The monoisotopic (exact) mass is 408 g/mol. The molecule has 150 valence electrons. The third-order valence-corrected chi connectivity index (χ3v) is 5.91. The number of hydrogen-bond acceptors (Lipinski definition) is 5. The predicted molar refractivity (Wildman–Crippen MR) is 115 cm³/mol. The van der Waals surface area contributed by atoms with Crippen molar-refractivity contribution in [2.24, 2.45) is 0 Å². The van der Waals surface area contributed by atoms with Crippen LogP contribution in [0.2, 0.25) is 0 Å². The first-order valence-electron chi connectivity index (χ1n) is 9.54. The molecule has 3 aromatic rings. The highest BCUT2D eigenvalue weighted by molar-refractivity contribution is 7.98. The molecule has 0 saturated heterocycles. The molecule has 1 heterocycles. The first-order valence-corrected chi connectivity index (χ1v) is 10.8. The lowest BCUT2D eigenvalue weighted by Gasteiger charge is -2.13. The van der Waals surface area contributed by atoms with Crippen LogP contribution >= 0.6 is 11.8 Å². The van der Waals surface area contributed by atoms with Crippen LogP contribution in [0.1, 0.15) is 46.1 Å². The maximum Gasteiger partial charge on any atom is 0.251 e. The Bertz CT molecular complexity index is 1040. The number of nitrogen functional groups attached to an aromatic ring is 1. The van der Waals surface area contributed by atoms with Gasteiger partial charge >= 0.3 is 0 Å². The maximum atomic E-state index is 12.4. The van der Waals surface area contributed by atoms with E-state index in [2.05, 4.69) is 10.3 Å². The number of carbonyl (C=O) groups excluding carboxylic acids is 1. The second-order valence-corrected chi connectivity index (χ2v) is 8.19. The van der Waals surface area contributed by atoms with Crippen LogP contribution in [0.15, 0.2) is 53.7 Å². The Morgan fingerprint density at radius 3 is 2.66 bits per heavy atom. The van der Waals surface area contributed by atoms with Crippen molar-refractivity contribution in [1.29, 1.82) is 0 Å². The number of aromatic nitrogens is 2. The van der Waals surface area contributed by atoms with Crippen LogP contribution in [0, 0.1) is 6.92 Å². The number of aliphatic hydroxyl groups is 1. The molecular formula is C22H24N4O2S. The van der Waals surface area contributed by atoms with Gasteiger partial charge in [-0.05, 0) is 61.4 Å². The highest BCUT2D eigenvalue weighted by atomic mass is 32.2. The van der Waals surface area contributed by atoms with Crippen LogP contribution in [0.5, 0.6) is 0 Å². The molecule has 4 rings (SSSR count). The van der Waals surface area contributed by atoms with Crippen molar-refractivity contribution < 1.29 is 9.90 Å². The quantitative estimate of drug-likeness (QED) is 0.543. The van der Waals surface area contributed by atoms with Crippen molar-refractivity contribution in [2.45, 2.75) is 36.8 Å². The van der Waals surface area contributed by atoms with Crippen LogP contribution in [-0.2, 0) is 0 Å². The third kappa shape index (κ3) is 4.02. The summed E-state index contributed by atoms with van der Waals surface area (Å²) in [6.45, 7) is 1.95. The minimum absolute atomic E-state index is 0.0819. The van der Waals surface area contributed by atoms with Gasteiger partial charge in [0.1, 0.15) is 23.9 Å². The molecule has 1 saturated carbocycles. The number of anilines is 1. The Kier molecular flexibility index (Phi) is 5.34. The summed E-state index contributed by atoms with van der Waals surface area (Å²) in [7, 11) is 0. The molecular weight excluding hydrogens is 384 g/mol. The molecule has 0 radical (unpaired) electrons.